The summed E-state index contributed by atoms with van der Waals surface area (Å²) in [6, 6.07) is 0. The van der Waals surface area contributed by atoms with E-state index in [2.05, 4.69) is 30.7 Å². The summed E-state index contributed by atoms with van der Waals surface area (Å²) < 4.78 is 14.5. The highest BCUT2D eigenvalue weighted by atomic mass is 32.1. The van der Waals surface area contributed by atoms with Crippen LogP contribution in [0.1, 0.15) is 71.0 Å². The number of aromatic amines is 2. The van der Waals surface area contributed by atoms with E-state index in [0.29, 0.717) is 29.4 Å². The Morgan fingerprint density at radius 3 is 1.47 bits per heavy atom. The molecule has 2 aliphatic rings. The summed E-state index contributed by atoms with van der Waals surface area (Å²) in [5, 5.41) is 9.59. The molecule has 2 fully saturated rings. The first-order chi connectivity index (χ1) is 16.8. The molecule has 4 heterocycles. The summed E-state index contributed by atoms with van der Waals surface area (Å²) in [6.45, 7) is 13.3. The number of hydrogen-bond donors (Lipinski definition) is 3. The van der Waals surface area contributed by atoms with Crippen molar-refractivity contribution >= 4 is 27.0 Å². The van der Waals surface area contributed by atoms with E-state index >= 15 is 0 Å². The normalized spacial score (nSPS) is 27.2. The zero-order valence-corrected chi connectivity index (χ0v) is 25.0. The first-order valence-electron chi connectivity index (χ1n) is 12.4. The predicted octanol–water partition coefficient (Wildman–Crippen LogP) is 1.80. The molecule has 13 heteroatoms. The van der Waals surface area contributed by atoms with Gasteiger partial charge in [0.05, 0.1) is 18.3 Å². The van der Waals surface area contributed by atoms with Crippen molar-refractivity contribution in [3.05, 3.63) is 65.2 Å². The molecule has 7 atom stereocenters. The quantitative estimate of drug-likeness (QED) is 0.504. The molecule has 0 bridgehead atoms. The lowest BCUT2D eigenvalue weighted by molar-refractivity contribution is -0.0625. The highest BCUT2D eigenvalue weighted by molar-refractivity contribution is 7.59. The average Bonchev–Trinajstić information content (AvgIpc) is 3.36. The van der Waals surface area contributed by atoms with Gasteiger partial charge in [-0.3, -0.25) is 28.7 Å². The van der Waals surface area contributed by atoms with Gasteiger partial charge in [0.15, 0.2) is 0 Å². The largest absolute Gasteiger partial charge is 0.391 e. The Hall–Kier alpha value is -2.06. The molecule has 216 valence electrons. The van der Waals surface area contributed by atoms with Crippen LogP contribution in [-0.2, 0) is 9.47 Å². The standard InChI is InChI=1S/C13H20N2O3.C12H18N2O4.2H2S/c1-7(2)11-8(3)5-10(18-11)15-6-9(4)12(16)14-13(15)17;1-6-4-9(18-10(6)8(3)15)14-5-7(2)11(16)13-12(14)17;;/h6-8,10-11H,5H2,1-4H3,(H,14,16,17);5-6,8-10,15H,4H2,1-3H3,(H,13,16,17);2*1H2/t8-,10-,11-;6-,8+,9-,10+;;/m11../s1. The van der Waals surface area contributed by atoms with Gasteiger partial charge < -0.3 is 14.6 Å². The second kappa shape index (κ2) is 13.8. The zero-order chi connectivity index (χ0) is 26.9. The van der Waals surface area contributed by atoms with Crippen molar-refractivity contribution in [1.29, 1.82) is 0 Å². The molecule has 2 saturated heterocycles. The van der Waals surface area contributed by atoms with E-state index in [9.17, 15) is 24.3 Å². The molecule has 0 aromatic carbocycles. The van der Waals surface area contributed by atoms with Crippen LogP contribution in [0.2, 0.25) is 0 Å². The van der Waals surface area contributed by atoms with E-state index in [4.69, 9.17) is 9.47 Å². The maximum atomic E-state index is 11.8. The van der Waals surface area contributed by atoms with Crippen LogP contribution >= 0.6 is 27.0 Å². The van der Waals surface area contributed by atoms with E-state index in [1.54, 1.807) is 27.0 Å². The van der Waals surface area contributed by atoms with Gasteiger partial charge in [-0.2, -0.15) is 27.0 Å². The topological polar surface area (TPSA) is 148 Å². The molecular weight excluding hydrogens is 532 g/mol. The second-order valence-electron chi connectivity index (χ2n) is 10.5. The van der Waals surface area contributed by atoms with Crippen molar-refractivity contribution in [2.24, 2.45) is 17.8 Å². The molecule has 2 aromatic rings. The van der Waals surface area contributed by atoms with E-state index in [1.807, 2.05) is 6.92 Å². The van der Waals surface area contributed by atoms with Crippen LogP contribution in [0.15, 0.2) is 31.6 Å². The lowest BCUT2D eigenvalue weighted by atomic mass is 9.94. The third-order valence-corrected chi connectivity index (χ3v) is 6.94. The minimum atomic E-state index is -0.579. The van der Waals surface area contributed by atoms with Crippen LogP contribution in [0, 0.1) is 31.6 Å². The number of aliphatic hydroxyl groups excluding tert-OH is 1. The first kappa shape index (κ1) is 34.0. The maximum absolute atomic E-state index is 11.8. The molecule has 11 nitrogen and oxygen atoms in total. The highest BCUT2D eigenvalue weighted by Crippen LogP contribution is 2.36. The summed E-state index contributed by atoms with van der Waals surface area (Å²) in [4.78, 5) is 50.7. The van der Waals surface area contributed by atoms with Gasteiger partial charge in [-0.1, -0.05) is 27.7 Å². The monoisotopic (exact) mass is 574 g/mol. The minimum Gasteiger partial charge on any atom is -0.391 e. The molecule has 0 unspecified atom stereocenters. The number of aromatic nitrogens is 4. The highest BCUT2D eigenvalue weighted by Gasteiger charge is 2.37. The summed E-state index contributed by atoms with van der Waals surface area (Å²) in [5.74, 6) is 0.993. The number of rotatable bonds is 4. The number of ether oxygens (including phenoxy) is 2. The number of hydrogen-bond acceptors (Lipinski definition) is 7. The fraction of sp³-hybridized carbons (Fsp3) is 0.680. The number of aryl methyl sites for hydroxylation is 2. The Kier molecular flexibility index (Phi) is 12.4. The summed E-state index contributed by atoms with van der Waals surface area (Å²) in [7, 11) is 0. The third-order valence-electron chi connectivity index (χ3n) is 6.94. The summed E-state index contributed by atoms with van der Waals surface area (Å²) in [6.07, 6.45) is 3.13. The van der Waals surface area contributed by atoms with Crippen LogP contribution in [0.3, 0.4) is 0 Å². The number of aliphatic hydroxyl groups is 1. The van der Waals surface area contributed by atoms with Gasteiger partial charge in [0.25, 0.3) is 11.1 Å². The second-order valence-corrected chi connectivity index (χ2v) is 10.5. The fourth-order valence-corrected chi connectivity index (χ4v) is 5.01. The summed E-state index contributed by atoms with van der Waals surface area (Å²) >= 11 is 0. The van der Waals surface area contributed by atoms with Crippen molar-refractivity contribution in [2.45, 2.75) is 92.1 Å². The maximum Gasteiger partial charge on any atom is 0.330 e. The molecule has 0 saturated carbocycles. The molecule has 2 aromatic heterocycles. The van der Waals surface area contributed by atoms with Crippen LogP contribution < -0.4 is 22.5 Å². The molecule has 3 N–H and O–H groups in total. The Balaban J connectivity index is 0.000000361. The van der Waals surface area contributed by atoms with Crippen LogP contribution in [0.5, 0.6) is 0 Å². The molecule has 0 amide bonds. The van der Waals surface area contributed by atoms with Gasteiger partial charge in [0, 0.05) is 23.5 Å². The SMILES string of the molecule is Cc1cn([C@H]2C[C@@H](C)[C@@H](C(C)C)O2)c(=O)[nH]c1=O.Cc1cn([C@H]2C[C@@H](C)[C@@H]([C@H](C)O)O2)c(=O)[nH]c1=O.S.S. The minimum absolute atomic E-state index is 0. The van der Waals surface area contributed by atoms with Gasteiger partial charge in [0.2, 0.25) is 0 Å². The van der Waals surface area contributed by atoms with E-state index < -0.39 is 23.7 Å². The number of H-pyrrole nitrogens is 2. The molecule has 38 heavy (non-hydrogen) atoms. The number of nitrogens with one attached hydrogen (secondary N) is 2. The summed E-state index contributed by atoms with van der Waals surface area (Å²) in [5.41, 5.74) is -0.594. The first-order valence-corrected chi connectivity index (χ1v) is 12.4. The third kappa shape index (κ3) is 7.53. The van der Waals surface area contributed by atoms with Gasteiger partial charge in [-0.25, -0.2) is 9.59 Å². The smallest absolute Gasteiger partial charge is 0.330 e. The van der Waals surface area contributed by atoms with Gasteiger partial charge in [-0.05, 0) is 51.4 Å². The van der Waals surface area contributed by atoms with E-state index in [1.165, 1.54) is 15.3 Å². The molecule has 0 aliphatic carbocycles. The van der Waals surface area contributed by atoms with Gasteiger partial charge >= 0.3 is 11.4 Å². The Labute approximate surface area is 235 Å². The molecule has 4 rings (SSSR count). The predicted molar refractivity (Wildman–Crippen MR) is 155 cm³/mol. The molecule has 2 aliphatic heterocycles. The van der Waals surface area contributed by atoms with Crippen LogP contribution in [0.25, 0.3) is 0 Å². The molecular formula is C25H42N4O7S2. The van der Waals surface area contributed by atoms with Crippen molar-refractivity contribution in [3.63, 3.8) is 0 Å². The van der Waals surface area contributed by atoms with Crippen molar-refractivity contribution in [1.82, 2.24) is 19.1 Å². The van der Waals surface area contributed by atoms with Crippen LogP contribution in [0.4, 0.5) is 0 Å². The fourth-order valence-electron chi connectivity index (χ4n) is 5.01. The van der Waals surface area contributed by atoms with Crippen molar-refractivity contribution in [2.75, 3.05) is 0 Å². The van der Waals surface area contributed by atoms with E-state index in [-0.39, 0.29) is 62.5 Å². The van der Waals surface area contributed by atoms with Crippen molar-refractivity contribution in [3.8, 4) is 0 Å². The Bertz CT molecular complexity index is 1200. The Morgan fingerprint density at radius 1 is 0.789 bits per heavy atom. The average molecular weight is 575 g/mol. The van der Waals surface area contributed by atoms with Gasteiger partial charge in [0.1, 0.15) is 12.5 Å². The lowest BCUT2D eigenvalue weighted by Gasteiger charge is -2.19. The van der Waals surface area contributed by atoms with E-state index in [0.717, 1.165) is 6.42 Å². The zero-order valence-electron chi connectivity index (χ0n) is 23.0. The van der Waals surface area contributed by atoms with Crippen molar-refractivity contribution < 1.29 is 14.6 Å². The lowest BCUT2D eigenvalue weighted by Crippen LogP contribution is -2.34. The van der Waals surface area contributed by atoms with Crippen LogP contribution in [-0.4, -0.2) is 42.5 Å². The number of nitrogens with zero attached hydrogens (tertiary/aromatic N) is 2. The Morgan fingerprint density at radius 2 is 1.16 bits per heavy atom. The molecule has 0 spiro atoms. The molecule has 0 radical (unpaired) electrons. The van der Waals surface area contributed by atoms with Gasteiger partial charge in [-0.15, -0.1) is 0 Å².